The van der Waals surface area contributed by atoms with Crippen LogP contribution < -0.4 is 9.64 Å². The molecule has 1 unspecified atom stereocenters. The lowest BCUT2D eigenvalue weighted by Crippen LogP contribution is -2.29. The molecule has 0 saturated carbocycles. The number of ether oxygens (including phenoxy) is 1. The van der Waals surface area contributed by atoms with Gasteiger partial charge in [-0.25, -0.2) is 9.37 Å². The molecule has 4 aromatic rings. The van der Waals surface area contributed by atoms with E-state index in [2.05, 4.69) is 9.97 Å². The summed E-state index contributed by atoms with van der Waals surface area (Å²) >= 11 is 1.23. The van der Waals surface area contributed by atoms with Gasteiger partial charge in [-0.3, -0.25) is 19.5 Å². The number of amides is 1. The third-order valence-corrected chi connectivity index (χ3v) is 6.37. The summed E-state index contributed by atoms with van der Waals surface area (Å²) in [4.78, 5) is 36.2. The number of pyridine rings is 1. The van der Waals surface area contributed by atoms with Crippen molar-refractivity contribution in [1.29, 1.82) is 0 Å². The zero-order valence-corrected chi connectivity index (χ0v) is 18.0. The monoisotopic (exact) mass is 461 g/mol. The molecular formula is C24H16FN3O4S. The zero-order valence-electron chi connectivity index (χ0n) is 17.2. The Bertz CT molecular complexity index is 1420. The maximum atomic E-state index is 13.4. The quantitative estimate of drug-likeness (QED) is 0.274. The lowest BCUT2D eigenvalue weighted by molar-refractivity contribution is -0.132. The van der Waals surface area contributed by atoms with Crippen molar-refractivity contribution in [3.8, 4) is 5.75 Å². The molecule has 1 aliphatic heterocycles. The average Bonchev–Trinajstić information content (AvgIpc) is 3.37. The fourth-order valence-corrected chi connectivity index (χ4v) is 4.79. The molecule has 33 heavy (non-hydrogen) atoms. The molecule has 0 aliphatic carbocycles. The van der Waals surface area contributed by atoms with Crippen LogP contribution >= 0.6 is 11.3 Å². The molecule has 1 aliphatic rings. The van der Waals surface area contributed by atoms with E-state index in [0.29, 0.717) is 22.0 Å². The second kappa shape index (κ2) is 8.10. The van der Waals surface area contributed by atoms with Crippen LogP contribution in [0.2, 0.25) is 0 Å². The highest BCUT2D eigenvalue weighted by molar-refractivity contribution is 7.22. The number of fused-ring (bicyclic) bond motifs is 1. The Kier molecular flexibility index (Phi) is 5.10. The van der Waals surface area contributed by atoms with Crippen molar-refractivity contribution in [2.24, 2.45) is 0 Å². The summed E-state index contributed by atoms with van der Waals surface area (Å²) in [6.07, 6.45) is 3.09. The molecule has 0 bridgehead atoms. The number of Topliss-reactive ketones (excluding diaryl/α,β-unsaturated/α-hetero) is 1. The number of carbonyl (C=O) groups excluding carboxylic acids is 2. The molecule has 9 heteroatoms. The Balaban J connectivity index is 1.71. The first-order valence-corrected chi connectivity index (χ1v) is 10.7. The molecule has 1 saturated heterocycles. The molecule has 1 atom stereocenters. The fourth-order valence-electron chi connectivity index (χ4n) is 3.77. The highest BCUT2D eigenvalue weighted by Gasteiger charge is 2.48. The number of anilines is 1. The van der Waals surface area contributed by atoms with Gasteiger partial charge in [0.1, 0.15) is 17.3 Å². The zero-order chi connectivity index (χ0) is 23.1. The first-order valence-electron chi connectivity index (χ1n) is 9.89. The topological polar surface area (TPSA) is 92.6 Å². The third kappa shape index (κ3) is 3.52. The van der Waals surface area contributed by atoms with Gasteiger partial charge in [0.25, 0.3) is 5.78 Å². The number of aliphatic hydroxyl groups excluding tert-OH is 1. The summed E-state index contributed by atoms with van der Waals surface area (Å²) < 4.78 is 19.4. The number of hydrogen-bond acceptors (Lipinski definition) is 7. The highest BCUT2D eigenvalue weighted by Crippen LogP contribution is 2.44. The first-order chi connectivity index (χ1) is 16.0. The van der Waals surface area contributed by atoms with Gasteiger partial charge in [-0.15, -0.1) is 0 Å². The van der Waals surface area contributed by atoms with Gasteiger partial charge in [-0.2, -0.15) is 0 Å². The van der Waals surface area contributed by atoms with E-state index in [1.54, 1.807) is 43.6 Å². The average molecular weight is 461 g/mol. The highest BCUT2D eigenvalue weighted by atomic mass is 32.1. The number of aliphatic hydroxyl groups is 1. The van der Waals surface area contributed by atoms with Crippen molar-refractivity contribution >= 4 is 44.1 Å². The van der Waals surface area contributed by atoms with Crippen LogP contribution in [0.5, 0.6) is 5.75 Å². The van der Waals surface area contributed by atoms with Crippen LogP contribution in [0.15, 0.2) is 72.6 Å². The van der Waals surface area contributed by atoms with Gasteiger partial charge in [0.15, 0.2) is 5.13 Å². The van der Waals surface area contributed by atoms with E-state index in [1.165, 1.54) is 46.7 Å². The van der Waals surface area contributed by atoms with Gasteiger partial charge in [-0.05, 0) is 54.1 Å². The number of methoxy groups -OCH3 is 1. The van der Waals surface area contributed by atoms with E-state index in [9.17, 15) is 19.1 Å². The summed E-state index contributed by atoms with van der Waals surface area (Å²) in [6, 6.07) is 12.8. The molecule has 1 amide bonds. The van der Waals surface area contributed by atoms with Crippen LogP contribution in [-0.2, 0) is 9.59 Å². The molecule has 164 valence electrons. The van der Waals surface area contributed by atoms with Gasteiger partial charge in [-0.1, -0.05) is 17.4 Å². The first kappa shape index (κ1) is 20.8. The van der Waals surface area contributed by atoms with Crippen LogP contribution in [0.25, 0.3) is 16.0 Å². The summed E-state index contributed by atoms with van der Waals surface area (Å²) in [7, 11) is 1.56. The number of halogens is 1. The van der Waals surface area contributed by atoms with E-state index < -0.39 is 29.3 Å². The van der Waals surface area contributed by atoms with Gasteiger partial charge in [0.2, 0.25) is 0 Å². The summed E-state index contributed by atoms with van der Waals surface area (Å²) in [5.74, 6) is -1.92. The molecule has 2 aromatic carbocycles. The third-order valence-electron chi connectivity index (χ3n) is 5.35. The molecule has 3 heterocycles. The number of thiazole rings is 1. The molecule has 2 aromatic heterocycles. The summed E-state index contributed by atoms with van der Waals surface area (Å²) in [5.41, 5.74) is 1.27. The second-order valence-corrected chi connectivity index (χ2v) is 8.30. The van der Waals surface area contributed by atoms with Crippen molar-refractivity contribution in [2.45, 2.75) is 6.04 Å². The Morgan fingerprint density at radius 3 is 2.64 bits per heavy atom. The SMILES string of the molecule is COc1ccc2nc(N3C(=O)C(=O)C(=C(O)c4ccc(F)cc4)C3c3cccnc3)sc2c1. The van der Waals surface area contributed by atoms with E-state index in [4.69, 9.17) is 4.74 Å². The fraction of sp³-hybridized carbons (Fsp3) is 0.0833. The molecule has 1 fully saturated rings. The number of rotatable bonds is 4. The minimum absolute atomic E-state index is 0.114. The molecule has 5 rings (SSSR count). The van der Waals surface area contributed by atoms with Crippen LogP contribution in [0.3, 0.4) is 0 Å². The van der Waals surface area contributed by atoms with Crippen molar-refractivity contribution in [3.63, 3.8) is 0 Å². The van der Waals surface area contributed by atoms with Crippen LogP contribution in [-0.4, -0.2) is 33.9 Å². The number of nitrogens with zero attached hydrogens (tertiary/aromatic N) is 3. The number of ketones is 1. The Labute approximate surface area is 191 Å². The Morgan fingerprint density at radius 2 is 1.94 bits per heavy atom. The van der Waals surface area contributed by atoms with E-state index >= 15 is 0 Å². The van der Waals surface area contributed by atoms with E-state index in [-0.39, 0.29) is 11.1 Å². The minimum Gasteiger partial charge on any atom is -0.507 e. The standard InChI is InChI=1S/C24H16FN3O4S/c1-32-16-8-9-17-18(11-16)33-24(27-17)28-20(14-3-2-10-26-12-14)19(22(30)23(28)31)21(29)13-4-6-15(25)7-5-13/h2-12,20,29H,1H3. The molecular weight excluding hydrogens is 445 g/mol. The van der Waals surface area contributed by atoms with Crippen molar-refractivity contribution in [3.05, 3.63) is 89.5 Å². The number of benzene rings is 2. The second-order valence-electron chi connectivity index (χ2n) is 7.29. The number of aromatic nitrogens is 2. The predicted molar refractivity (Wildman–Crippen MR) is 122 cm³/mol. The minimum atomic E-state index is -0.953. The normalized spacial score (nSPS) is 17.6. The van der Waals surface area contributed by atoms with Gasteiger partial charge >= 0.3 is 5.91 Å². The molecule has 7 nitrogen and oxygen atoms in total. The van der Waals surface area contributed by atoms with Crippen molar-refractivity contribution in [2.75, 3.05) is 12.0 Å². The van der Waals surface area contributed by atoms with Crippen LogP contribution in [0.1, 0.15) is 17.2 Å². The van der Waals surface area contributed by atoms with E-state index in [0.717, 1.165) is 4.70 Å². The molecule has 0 radical (unpaired) electrons. The lowest BCUT2D eigenvalue weighted by Gasteiger charge is -2.22. The number of hydrogen-bond donors (Lipinski definition) is 1. The summed E-state index contributed by atoms with van der Waals surface area (Å²) in [5, 5.41) is 11.3. The predicted octanol–water partition coefficient (Wildman–Crippen LogP) is 4.47. The molecule has 0 spiro atoms. The Hall–Kier alpha value is -4.11. The maximum absolute atomic E-state index is 13.4. The maximum Gasteiger partial charge on any atom is 0.301 e. The largest absolute Gasteiger partial charge is 0.507 e. The van der Waals surface area contributed by atoms with Crippen molar-refractivity contribution < 1.29 is 23.8 Å². The van der Waals surface area contributed by atoms with Crippen LogP contribution in [0.4, 0.5) is 9.52 Å². The van der Waals surface area contributed by atoms with E-state index in [1.807, 2.05) is 0 Å². The smallest absolute Gasteiger partial charge is 0.301 e. The van der Waals surface area contributed by atoms with Crippen LogP contribution in [0, 0.1) is 5.82 Å². The molecule has 1 N–H and O–H groups in total. The summed E-state index contributed by atoms with van der Waals surface area (Å²) in [6.45, 7) is 0. The van der Waals surface area contributed by atoms with Gasteiger partial charge in [0, 0.05) is 18.0 Å². The van der Waals surface area contributed by atoms with Crippen molar-refractivity contribution in [1.82, 2.24) is 9.97 Å². The Morgan fingerprint density at radius 1 is 1.15 bits per heavy atom. The number of carbonyl (C=O) groups is 2. The van der Waals surface area contributed by atoms with Gasteiger partial charge in [0.05, 0.1) is 28.9 Å². The van der Waals surface area contributed by atoms with Gasteiger partial charge < -0.3 is 9.84 Å². The lowest BCUT2D eigenvalue weighted by atomic mass is 9.96.